The fourth-order valence-electron chi connectivity index (χ4n) is 3.55. The predicted octanol–water partition coefficient (Wildman–Crippen LogP) is 0.893. The minimum absolute atomic E-state index is 0.176. The van der Waals surface area contributed by atoms with Crippen LogP contribution in [0.5, 0.6) is 0 Å². The second kappa shape index (κ2) is 7.49. The topological polar surface area (TPSA) is 69.7 Å². The lowest BCUT2D eigenvalue weighted by Crippen LogP contribution is -2.55. The Bertz CT molecular complexity index is 515. The molecule has 0 bridgehead atoms. The van der Waals surface area contributed by atoms with Gasteiger partial charge in [-0.15, -0.1) is 0 Å². The minimum Gasteiger partial charge on any atom is -0.341 e. The van der Waals surface area contributed by atoms with Crippen LogP contribution in [0.4, 0.5) is 0 Å². The van der Waals surface area contributed by atoms with E-state index >= 15 is 0 Å². The number of rotatable bonds is 4. The van der Waals surface area contributed by atoms with Gasteiger partial charge in [0, 0.05) is 32.2 Å². The molecule has 0 aromatic heterocycles. The molecule has 0 unspecified atom stereocenters. The van der Waals surface area contributed by atoms with Gasteiger partial charge < -0.3 is 10.2 Å². The van der Waals surface area contributed by atoms with Crippen LogP contribution >= 0.6 is 0 Å². The Kier molecular flexibility index (Phi) is 6.08. The van der Waals surface area contributed by atoms with Crippen LogP contribution in [0, 0.1) is 11.8 Å². The summed E-state index contributed by atoms with van der Waals surface area (Å²) in [6, 6.07) is -0.0173. The molecular weight excluding hydrogens is 314 g/mol. The molecule has 1 amide bonds. The van der Waals surface area contributed by atoms with Crippen molar-refractivity contribution in [3.05, 3.63) is 0 Å². The number of hydrogen-bond donors (Lipinski definition) is 1. The number of piperidine rings is 2. The van der Waals surface area contributed by atoms with E-state index in [1.54, 1.807) is 0 Å². The van der Waals surface area contributed by atoms with Crippen LogP contribution in [0.2, 0.25) is 0 Å². The van der Waals surface area contributed by atoms with E-state index in [4.69, 9.17) is 0 Å². The summed E-state index contributed by atoms with van der Waals surface area (Å²) in [5.41, 5.74) is 0. The zero-order valence-corrected chi connectivity index (χ0v) is 15.6. The third-order valence-corrected chi connectivity index (χ3v) is 6.54. The van der Waals surface area contributed by atoms with E-state index in [1.807, 2.05) is 11.8 Å². The molecule has 2 aliphatic rings. The summed E-state index contributed by atoms with van der Waals surface area (Å²) in [6.45, 7) is 8.98. The van der Waals surface area contributed by atoms with Crippen molar-refractivity contribution < 1.29 is 13.2 Å². The highest BCUT2D eigenvalue weighted by atomic mass is 32.2. The molecule has 23 heavy (non-hydrogen) atoms. The van der Waals surface area contributed by atoms with Crippen molar-refractivity contribution in [2.75, 3.05) is 32.4 Å². The van der Waals surface area contributed by atoms with Crippen LogP contribution in [-0.4, -0.2) is 68.0 Å². The zero-order valence-electron chi connectivity index (χ0n) is 14.8. The molecule has 6 nitrogen and oxygen atoms in total. The first-order chi connectivity index (χ1) is 10.7. The molecule has 2 rings (SSSR count). The zero-order chi connectivity index (χ0) is 17.2. The van der Waals surface area contributed by atoms with E-state index in [9.17, 15) is 13.2 Å². The molecule has 2 aliphatic heterocycles. The summed E-state index contributed by atoms with van der Waals surface area (Å²) in [6.07, 6.45) is 4.18. The fourth-order valence-corrected chi connectivity index (χ4v) is 4.49. The maximum Gasteiger partial charge on any atom is 0.239 e. The molecule has 1 N–H and O–H groups in total. The molecule has 2 saturated heterocycles. The first-order valence-electron chi connectivity index (χ1n) is 8.68. The summed E-state index contributed by atoms with van der Waals surface area (Å²) in [4.78, 5) is 14.5. The Labute approximate surface area is 140 Å². The number of likely N-dealkylation sites (tertiary alicyclic amines) is 1. The maximum atomic E-state index is 12.6. The van der Waals surface area contributed by atoms with Crippen LogP contribution in [0.15, 0.2) is 0 Å². The molecular formula is C16H31N3O3S. The quantitative estimate of drug-likeness (QED) is 0.822. The van der Waals surface area contributed by atoms with E-state index in [1.165, 1.54) is 10.6 Å². The van der Waals surface area contributed by atoms with E-state index in [0.29, 0.717) is 19.0 Å². The minimum atomic E-state index is -3.12. The summed E-state index contributed by atoms with van der Waals surface area (Å²) in [7, 11) is -3.12. The Balaban J connectivity index is 1.85. The van der Waals surface area contributed by atoms with Crippen molar-refractivity contribution in [1.29, 1.82) is 0 Å². The third-order valence-electron chi connectivity index (χ3n) is 5.27. The van der Waals surface area contributed by atoms with Crippen LogP contribution < -0.4 is 5.32 Å². The molecule has 0 radical (unpaired) electrons. The average Bonchev–Trinajstić information content (AvgIpc) is 2.48. The van der Waals surface area contributed by atoms with Crippen molar-refractivity contribution in [2.24, 2.45) is 11.8 Å². The second-order valence-electron chi connectivity index (χ2n) is 7.39. The average molecular weight is 346 g/mol. The Morgan fingerprint density at radius 2 is 1.74 bits per heavy atom. The molecule has 2 fully saturated rings. The normalized spacial score (nSPS) is 29.5. The van der Waals surface area contributed by atoms with Gasteiger partial charge in [-0.3, -0.25) is 4.79 Å². The van der Waals surface area contributed by atoms with E-state index in [-0.39, 0.29) is 23.9 Å². The van der Waals surface area contributed by atoms with Gasteiger partial charge in [-0.25, -0.2) is 12.7 Å². The van der Waals surface area contributed by atoms with Gasteiger partial charge in [0.2, 0.25) is 15.9 Å². The van der Waals surface area contributed by atoms with Crippen molar-refractivity contribution in [3.8, 4) is 0 Å². The molecule has 0 aromatic carbocycles. The molecule has 2 heterocycles. The number of nitrogens with one attached hydrogen (secondary N) is 1. The summed E-state index contributed by atoms with van der Waals surface area (Å²) in [5.74, 6) is 1.09. The largest absolute Gasteiger partial charge is 0.341 e. The predicted molar refractivity (Wildman–Crippen MR) is 91.6 cm³/mol. The van der Waals surface area contributed by atoms with Crippen LogP contribution in [0.25, 0.3) is 0 Å². The van der Waals surface area contributed by atoms with Gasteiger partial charge in [-0.2, -0.15) is 0 Å². The molecule has 0 aliphatic carbocycles. The van der Waals surface area contributed by atoms with Crippen LogP contribution in [0.3, 0.4) is 0 Å². The molecule has 3 atom stereocenters. The number of nitrogens with zero attached hydrogens (tertiary/aromatic N) is 2. The number of hydrogen-bond acceptors (Lipinski definition) is 4. The van der Waals surface area contributed by atoms with Crippen LogP contribution in [0.1, 0.15) is 40.0 Å². The SMILES string of the molecule is CC1CCN(C(=O)[C@H](C)N[C@@H]2CCN(S(C)(=O)=O)C[C@H]2C)CC1. The van der Waals surface area contributed by atoms with Crippen molar-refractivity contribution in [2.45, 2.75) is 52.1 Å². The van der Waals surface area contributed by atoms with Gasteiger partial charge >= 0.3 is 0 Å². The highest BCUT2D eigenvalue weighted by Gasteiger charge is 2.33. The number of sulfonamides is 1. The van der Waals surface area contributed by atoms with E-state index < -0.39 is 10.0 Å². The number of carbonyl (C=O) groups excluding carboxylic acids is 1. The van der Waals surface area contributed by atoms with Gasteiger partial charge in [0.15, 0.2) is 0 Å². The summed E-state index contributed by atoms with van der Waals surface area (Å²) < 4.78 is 24.8. The Morgan fingerprint density at radius 1 is 1.13 bits per heavy atom. The Morgan fingerprint density at radius 3 is 2.26 bits per heavy atom. The highest BCUT2D eigenvalue weighted by molar-refractivity contribution is 7.88. The monoisotopic (exact) mass is 345 g/mol. The lowest BCUT2D eigenvalue weighted by atomic mass is 9.94. The van der Waals surface area contributed by atoms with Crippen molar-refractivity contribution >= 4 is 15.9 Å². The van der Waals surface area contributed by atoms with Gasteiger partial charge in [0.1, 0.15) is 0 Å². The van der Waals surface area contributed by atoms with Crippen molar-refractivity contribution in [1.82, 2.24) is 14.5 Å². The lowest BCUT2D eigenvalue weighted by molar-refractivity contribution is -0.134. The molecule has 7 heteroatoms. The summed E-state index contributed by atoms with van der Waals surface area (Å²) >= 11 is 0. The van der Waals surface area contributed by atoms with Gasteiger partial charge in [-0.1, -0.05) is 13.8 Å². The highest BCUT2D eigenvalue weighted by Crippen LogP contribution is 2.21. The van der Waals surface area contributed by atoms with Gasteiger partial charge in [-0.05, 0) is 38.0 Å². The fraction of sp³-hybridized carbons (Fsp3) is 0.938. The first kappa shape index (κ1) is 18.7. The van der Waals surface area contributed by atoms with Gasteiger partial charge in [0.25, 0.3) is 0 Å². The molecule has 134 valence electrons. The third kappa shape index (κ3) is 4.90. The number of amides is 1. The first-order valence-corrected chi connectivity index (χ1v) is 10.5. The molecule has 0 spiro atoms. The van der Waals surface area contributed by atoms with E-state index in [0.717, 1.165) is 32.4 Å². The van der Waals surface area contributed by atoms with Gasteiger partial charge in [0.05, 0.1) is 12.3 Å². The standard InChI is InChI=1S/C16H31N3O3S/c1-12-5-8-18(9-6-12)16(20)14(3)17-15-7-10-19(11-13(15)2)23(4,21)22/h12-15,17H,5-11H2,1-4H3/t13-,14+,15-/m1/s1. The smallest absolute Gasteiger partial charge is 0.239 e. The van der Waals surface area contributed by atoms with E-state index in [2.05, 4.69) is 19.2 Å². The Hall–Kier alpha value is -0.660. The lowest BCUT2D eigenvalue weighted by Gasteiger charge is -2.38. The second-order valence-corrected chi connectivity index (χ2v) is 9.37. The molecule has 0 aromatic rings. The van der Waals surface area contributed by atoms with Crippen LogP contribution in [-0.2, 0) is 14.8 Å². The number of carbonyl (C=O) groups is 1. The summed E-state index contributed by atoms with van der Waals surface area (Å²) in [5, 5.41) is 3.44. The van der Waals surface area contributed by atoms with Crippen molar-refractivity contribution in [3.63, 3.8) is 0 Å². The maximum absolute atomic E-state index is 12.6. The molecule has 0 saturated carbocycles.